The molecule has 0 spiro atoms. The highest BCUT2D eigenvalue weighted by atomic mass is 16.5. The van der Waals surface area contributed by atoms with E-state index in [9.17, 15) is 0 Å². The zero-order valence-electron chi connectivity index (χ0n) is 13.6. The van der Waals surface area contributed by atoms with E-state index < -0.39 is 0 Å². The van der Waals surface area contributed by atoms with Crippen LogP contribution >= 0.6 is 0 Å². The van der Waals surface area contributed by atoms with Gasteiger partial charge in [0.2, 0.25) is 5.89 Å². The molecule has 0 N–H and O–H groups in total. The number of aryl methyl sites for hydroxylation is 1. The zero-order chi connectivity index (χ0) is 15.8. The normalized spacial score (nSPS) is 25.7. The van der Waals surface area contributed by atoms with Gasteiger partial charge in [-0.2, -0.15) is 4.98 Å². The van der Waals surface area contributed by atoms with Gasteiger partial charge in [0.1, 0.15) is 6.04 Å². The predicted octanol–water partition coefficient (Wildman–Crippen LogP) is 2.61. The molecule has 0 unspecified atom stereocenters. The van der Waals surface area contributed by atoms with Gasteiger partial charge in [-0.3, -0.25) is 9.88 Å². The minimum absolute atomic E-state index is 0.00311. The third-order valence-corrected chi connectivity index (χ3v) is 4.74. The number of pyridine rings is 1. The van der Waals surface area contributed by atoms with Gasteiger partial charge in [0.15, 0.2) is 5.82 Å². The van der Waals surface area contributed by atoms with Crippen LogP contribution in [0.2, 0.25) is 0 Å². The van der Waals surface area contributed by atoms with Gasteiger partial charge in [0.05, 0.1) is 12.7 Å². The molecule has 3 heterocycles. The molecular formula is C17H22N4O2. The van der Waals surface area contributed by atoms with Gasteiger partial charge >= 0.3 is 0 Å². The van der Waals surface area contributed by atoms with Crippen LogP contribution in [0.3, 0.4) is 0 Å². The van der Waals surface area contributed by atoms with Gasteiger partial charge in [-0.25, -0.2) is 0 Å². The van der Waals surface area contributed by atoms with E-state index in [-0.39, 0.29) is 12.1 Å². The van der Waals surface area contributed by atoms with E-state index in [1.54, 1.807) is 0 Å². The van der Waals surface area contributed by atoms with Gasteiger partial charge in [-0.1, -0.05) is 11.2 Å². The highest BCUT2D eigenvalue weighted by molar-refractivity contribution is 5.18. The summed E-state index contributed by atoms with van der Waals surface area (Å²) in [7, 11) is 0. The molecule has 2 aromatic heterocycles. The topological polar surface area (TPSA) is 64.3 Å². The molecule has 2 atom stereocenters. The Morgan fingerprint density at radius 3 is 3.00 bits per heavy atom. The molecule has 122 valence electrons. The van der Waals surface area contributed by atoms with Gasteiger partial charge in [-0.05, 0) is 38.3 Å². The number of aromatic nitrogens is 3. The highest BCUT2D eigenvalue weighted by Crippen LogP contribution is 2.39. The molecule has 23 heavy (non-hydrogen) atoms. The van der Waals surface area contributed by atoms with Crippen molar-refractivity contribution in [3.63, 3.8) is 0 Å². The average molecular weight is 314 g/mol. The van der Waals surface area contributed by atoms with Crippen molar-refractivity contribution in [1.82, 2.24) is 20.0 Å². The number of nitrogens with zero attached hydrogens (tertiary/aromatic N) is 4. The fourth-order valence-corrected chi connectivity index (χ4v) is 3.20. The molecule has 6 heteroatoms. The minimum Gasteiger partial charge on any atom is -0.375 e. The lowest BCUT2D eigenvalue weighted by Crippen LogP contribution is -2.44. The van der Waals surface area contributed by atoms with E-state index in [1.165, 1.54) is 18.4 Å². The summed E-state index contributed by atoms with van der Waals surface area (Å²) in [6, 6.07) is 4.12. The molecule has 2 aliphatic rings. The molecule has 1 saturated heterocycles. The molecule has 2 aromatic rings. The molecular weight excluding hydrogens is 292 g/mol. The second-order valence-corrected chi connectivity index (χ2v) is 6.50. The van der Waals surface area contributed by atoms with Crippen LogP contribution in [0, 0.1) is 6.92 Å². The Hall–Kier alpha value is -1.79. The zero-order valence-corrected chi connectivity index (χ0v) is 13.6. The second-order valence-electron chi connectivity index (χ2n) is 6.50. The molecule has 4 rings (SSSR count). The SMILES string of the molecule is Cc1ncccc1CN1CCO[C@H](C)[C@H]1c1nc(C2CC2)no1. The average Bonchev–Trinajstić information content (AvgIpc) is 3.28. The van der Waals surface area contributed by atoms with E-state index >= 15 is 0 Å². The Balaban J connectivity index is 1.59. The van der Waals surface area contributed by atoms with Crippen LogP contribution in [-0.4, -0.2) is 39.3 Å². The fraction of sp³-hybridized carbons (Fsp3) is 0.588. The van der Waals surface area contributed by atoms with Crippen molar-refractivity contribution in [1.29, 1.82) is 0 Å². The van der Waals surface area contributed by atoms with Crippen molar-refractivity contribution < 1.29 is 9.26 Å². The van der Waals surface area contributed by atoms with E-state index in [2.05, 4.69) is 33.0 Å². The van der Waals surface area contributed by atoms with Crippen LogP contribution in [0.4, 0.5) is 0 Å². The van der Waals surface area contributed by atoms with Gasteiger partial charge < -0.3 is 9.26 Å². The van der Waals surface area contributed by atoms with E-state index in [0.717, 1.165) is 31.2 Å². The quantitative estimate of drug-likeness (QED) is 0.864. The van der Waals surface area contributed by atoms with Crippen LogP contribution < -0.4 is 0 Å². The highest BCUT2D eigenvalue weighted by Gasteiger charge is 2.37. The van der Waals surface area contributed by atoms with E-state index in [1.807, 2.05) is 19.2 Å². The summed E-state index contributed by atoms with van der Waals surface area (Å²) in [6.07, 6.45) is 4.22. The Kier molecular flexibility index (Phi) is 3.87. The van der Waals surface area contributed by atoms with Crippen LogP contribution in [0.5, 0.6) is 0 Å². The fourth-order valence-electron chi connectivity index (χ4n) is 3.20. The van der Waals surface area contributed by atoms with Gasteiger partial charge in [-0.15, -0.1) is 0 Å². The number of hydrogen-bond acceptors (Lipinski definition) is 6. The number of hydrogen-bond donors (Lipinski definition) is 0. The maximum Gasteiger partial charge on any atom is 0.246 e. The van der Waals surface area contributed by atoms with E-state index in [0.29, 0.717) is 11.8 Å². The Bertz CT molecular complexity index is 683. The molecule has 1 aliphatic heterocycles. The third-order valence-electron chi connectivity index (χ3n) is 4.74. The molecule has 2 fully saturated rings. The first-order valence-corrected chi connectivity index (χ1v) is 8.32. The lowest BCUT2D eigenvalue weighted by Gasteiger charge is -2.37. The van der Waals surface area contributed by atoms with Crippen LogP contribution in [0.15, 0.2) is 22.9 Å². The Morgan fingerprint density at radius 1 is 1.35 bits per heavy atom. The number of ether oxygens (including phenoxy) is 1. The summed E-state index contributed by atoms with van der Waals surface area (Å²) in [5, 5.41) is 4.17. The van der Waals surface area contributed by atoms with Crippen molar-refractivity contribution in [3.05, 3.63) is 41.3 Å². The third kappa shape index (κ3) is 3.01. The van der Waals surface area contributed by atoms with Crippen LogP contribution in [0.25, 0.3) is 0 Å². The summed E-state index contributed by atoms with van der Waals surface area (Å²) < 4.78 is 11.4. The number of morpholine rings is 1. The lowest BCUT2D eigenvalue weighted by molar-refractivity contribution is -0.0764. The van der Waals surface area contributed by atoms with E-state index in [4.69, 9.17) is 9.26 Å². The minimum atomic E-state index is 0.00311. The van der Waals surface area contributed by atoms with Crippen molar-refractivity contribution in [2.45, 2.75) is 51.3 Å². The molecule has 1 aliphatic carbocycles. The predicted molar refractivity (Wildman–Crippen MR) is 83.8 cm³/mol. The molecule has 0 bridgehead atoms. The van der Waals surface area contributed by atoms with Gasteiger partial charge in [0, 0.05) is 30.9 Å². The number of rotatable bonds is 4. The monoisotopic (exact) mass is 314 g/mol. The maximum atomic E-state index is 5.84. The van der Waals surface area contributed by atoms with Crippen LogP contribution in [0.1, 0.15) is 54.7 Å². The summed E-state index contributed by atoms with van der Waals surface area (Å²) in [5.74, 6) is 2.04. The molecule has 0 aromatic carbocycles. The summed E-state index contributed by atoms with van der Waals surface area (Å²) in [5.41, 5.74) is 2.29. The molecule has 0 amide bonds. The second kappa shape index (κ2) is 6.02. The Morgan fingerprint density at radius 2 is 2.22 bits per heavy atom. The van der Waals surface area contributed by atoms with Crippen molar-refractivity contribution in [2.75, 3.05) is 13.2 Å². The van der Waals surface area contributed by atoms with Crippen molar-refractivity contribution in [3.8, 4) is 0 Å². The molecule has 1 saturated carbocycles. The van der Waals surface area contributed by atoms with Gasteiger partial charge in [0.25, 0.3) is 0 Å². The van der Waals surface area contributed by atoms with Crippen molar-refractivity contribution in [2.24, 2.45) is 0 Å². The summed E-state index contributed by atoms with van der Waals surface area (Å²) in [6.45, 7) is 6.52. The summed E-state index contributed by atoms with van der Waals surface area (Å²) >= 11 is 0. The lowest BCUT2D eigenvalue weighted by atomic mass is 10.1. The first-order valence-electron chi connectivity index (χ1n) is 8.32. The Labute approximate surface area is 135 Å². The standard InChI is InChI=1S/C17H22N4O2/c1-11-14(4-3-7-18-11)10-21-8-9-22-12(2)15(21)17-19-16(20-23-17)13-5-6-13/h3-4,7,12-13,15H,5-6,8-10H2,1-2H3/t12-,15+/m1/s1. The summed E-state index contributed by atoms with van der Waals surface area (Å²) in [4.78, 5) is 11.4. The van der Waals surface area contributed by atoms with Crippen molar-refractivity contribution >= 4 is 0 Å². The molecule has 6 nitrogen and oxygen atoms in total. The first-order chi connectivity index (χ1) is 11.2. The van der Waals surface area contributed by atoms with Crippen LogP contribution in [-0.2, 0) is 11.3 Å². The molecule has 0 radical (unpaired) electrons. The largest absolute Gasteiger partial charge is 0.375 e. The maximum absolute atomic E-state index is 5.84. The first kappa shape index (κ1) is 14.8. The smallest absolute Gasteiger partial charge is 0.246 e.